The average Bonchev–Trinajstić information content (AvgIpc) is 3.04. The molecule has 2 nitrogen and oxygen atoms in total. The van der Waals surface area contributed by atoms with Gasteiger partial charge in [-0.2, -0.15) is 26.4 Å². The van der Waals surface area contributed by atoms with Crippen LogP contribution in [0.1, 0.15) is 0 Å². The first kappa shape index (κ1) is 25.3. The van der Waals surface area contributed by atoms with Crippen molar-refractivity contribution in [3.05, 3.63) is 170 Å². The molecule has 0 amide bonds. The molecule has 0 unspecified atom stereocenters. The summed E-state index contributed by atoms with van der Waals surface area (Å²) in [5.41, 5.74) is 9.76. The minimum Gasteiger partial charge on any atom is -0.235 e. The van der Waals surface area contributed by atoms with E-state index in [0.717, 1.165) is 22.1 Å². The lowest BCUT2D eigenvalue weighted by Crippen LogP contribution is -2.74. The van der Waals surface area contributed by atoms with Gasteiger partial charge >= 0.3 is 0 Å². The number of para-hydroxylation sites is 4. The summed E-state index contributed by atoms with van der Waals surface area (Å²) in [6, 6.07) is 59.9. The van der Waals surface area contributed by atoms with Gasteiger partial charge in [0.1, 0.15) is 24.2 Å². The summed E-state index contributed by atoms with van der Waals surface area (Å²) < 4.78 is 2.18. The lowest BCUT2D eigenvalue weighted by molar-refractivity contribution is -0.617. The van der Waals surface area contributed by atoms with Crippen molar-refractivity contribution in [3.8, 4) is 0 Å². The SMILES string of the molecule is C[n+]1c2ccccc2nc2ccccc21.c1ccc([B-](c2ccccc2)(c2ccccc2)c2ccccc2)cc1. The first-order chi connectivity index (χ1) is 19.8. The molecule has 0 spiro atoms. The molecule has 192 valence electrons. The van der Waals surface area contributed by atoms with E-state index in [-0.39, 0.29) is 0 Å². The Morgan fingerprint density at radius 3 is 0.975 bits per heavy atom. The zero-order valence-corrected chi connectivity index (χ0v) is 22.6. The van der Waals surface area contributed by atoms with Crippen LogP contribution in [0.4, 0.5) is 0 Å². The second-order valence-corrected chi connectivity index (χ2v) is 10.2. The minimum absolute atomic E-state index is 1.04. The molecule has 0 fully saturated rings. The second kappa shape index (κ2) is 11.4. The molecule has 0 aliphatic carbocycles. The van der Waals surface area contributed by atoms with Gasteiger partial charge in [0.2, 0.25) is 11.0 Å². The highest BCUT2D eigenvalue weighted by Gasteiger charge is 2.31. The quantitative estimate of drug-likeness (QED) is 0.178. The normalized spacial score (nSPS) is 11.1. The van der Waals surface area contributed by atoms with Gasteiger partial charge in [-0.05, 0) is 12.1 Å². The Labute approximate surface area is 236 Å². The maximum absolute atomic E-state index is 4.62. The summed E-state index contributed by atoms with van der Waals surface area (Å²) in [6.07, 6.45) is -1.22. The fraction of sp³-hybridized carbons (Fsp3) is 0.0270. The van der Waals surface area contributed by atoms with E-state index in [4.69, 9.17) is 0 Å². The molecule has 7 aromatic rings. The fourth-order valence-corrected chi connectivity index (χ4v) is 6.07. The van der Waals surface area contributed by atoms with Gasteiger partial charge in [-0.1, -0.05) is 146 Å². The van der Waals surface area contributed by atoms with Gasteiger partial charge < -0.3 is 0 Å². The summed E-state index contributed by atoms with van der Waals surface area (Å²) in [4.78, 5) is 4.62. The van der Waals surface area contributed by atoms with Crippen LogP contribution in [0.15, 0.2) is 170 Å². The second-order valence-electron chi connectivity index (χ2n) is 10.2. The predicted molar refractivity (Wildman–Crippen MR) is 170 cm³/mol. The number of hydrogen-bond acceptors (Lipinski definition) is 1. The lowest BCUT2D eigenvalue weighted by Gasteiger charge is -2.44. The van der Waals surface area contributed by atoms with Gasteiger partial charge in [-0.25, -0.2) is 4.98 Å². The molecular weight excluding hydrogens is 483 g/mol. The van der Waals surface area contributed by atoms with Crippen molar-refractivity contribution >= 4 is 50.1 Å². The highest BCUT2D eigenvalue weighted by Crippen LogP contribution is 2.13. The van der Waals surface area contributed by atoms with Crippen LogP contribution in [0.3, 0.4) is 0 Å². The monoisotopic (exact) mass is 514 g/mol. The summed E-state index contributed by atoms with van der Waals surface area (Å²) >= 11 is 0. The van der Waals surface area contributed by atoms with E-state index < -0.39 is 6.15 Å². The molecule has 6 aromatic carbocycles. The lowest BCUT2D eigenvalue weighted by atomic mass is 9.13. The number of rotatable bonds is 4. The van der Waals surface area contributed by atoms with Crippen molar-refractivity contribution in [3.63, 3.8) is 0 Å². The minimum atomic E-state index is -1.22. The van der Waals surface area contributed by atoms with E-state index in [1.165, 1.54) is 21.9 Å². The van der Waals surface area contributed by atoms with Crippen molar-refractivity contribution in [1.29, 1.82) is 0 Å². The third kappa shape index (κ3) is 4.67. The van der Waals surface area contributed by atoms with Crippen LogP contribution in [-0.4, -0.2) is 11.1 Å². The first-order valence-electron chi connectivity index (χ1n) is 13.8. The summed E-state index contributed by atoms with van der Waals surface area (Å²) in [7, 11) is 2.08. The molecule has 0 N–H and O–H groups in total. The van der Waals surface area contributed by atoms with Gasteiger partial charge in [-0.3, -0.25) is 0 Å². The Balaban J connectivity index is 0.000000164. The Hall–Kier alpha value is -5.02. The molecule has 0 atom stereocenters. The predicted octanol–water partition coefficient (Wildman–Crippen LogP) is 5.28. The summed E-state index contributed by atoms with van der Waals surface area (Å²) in [6.45, 7) is 0. The van der Waals surface area contributed by atoms with Crippen LogP contribution in [0.5, 0.6) is 0 Å². The number of benzene rings is 6. The maximum Gasteiger partial charge on any atom is 0.231 e. The summed E-state index contributed by atoms with van der Waals surface area (Å²) in [5, 5.41) is 0. The zero-order valence-electron chi connectivity index (χ0n) is 22.6. The fourth-order valence-electron chi connectivity index (χ4n) is 6.07. The molecule has 40 heavy (non-hydrogen) atoms. The van der Waals surface area contributed by atoms with E-state index in [1.807, 2.05) is 36.4 Å². The van der Waals surface area contributed by atoms with Crippen LogP contribution in [0.25, 0.3) is 22.1 Å². The Kier molecular flexibility index (Phi) is 7.19. The standard InChI is InChI=1S/C24H20B.C13H11N2/c1-5-13-21(14-6-1)25(22-15-7-2-8-16-22,23-17-9-3-10-18-23)24-19-11-4-12-20-24;1-15-12-8-4-2-6-10(12)14-11-7-3-5-9-13(11)15/h1-20H;2-9H,1H3/q-1;+1. The molecular formula is C37H31BN2. The Morgan fingerprint density at radius 2 is 0.650 bits per heavy atom. The van der Waals surface area contributed by atoms with Gasteiger partial charge in [-0.15, -0.1) is 0 Å². The highest BCUT2D eigenvalue weighted by atomic mass is 15.0. The number of aromatic nitrogens is 2. The molecule has 0 saturated carbocycles. The van der Waals surface area contributed by atoms with E-state index in [2.05, 4.69) is 150 Å². The van der Waals surface area contributed by atoms with Crippen molar-refractivity contribution in [2.75, 3.05) is 0 Å². The number of aryl methyl sites for hydroxylation is 1. The van der Waals surface area contributed by atoms with Gasteiger partial charge in [0, 0.05) is 12.1 Å². The van der Waals surface area contributed by atoms with Crippen molar-refractivity contribution in [1.82, 2.24) is 4.98 Å². The third-order valence-electron chi connectivity index (χ3n) is 7.93. The van der Waals surface area contributed by atoms with Crippen LogP contribution >= 0.6 is 0 Å². The molecule has 7 rings (SSSR count). The number of fused-ring (bicyclic) bond motifs is 2. The van der Waals surface area contributed by atoms with Crippen molar-refractivity contribution < 1.29 is 4.57 Å². The van der Waals surface area contributed by atoms with Crippen molar-refractivity contribution in [2.45, 2.75) is 0 Å². The Morgan fingerprint density at radius 1 is 0.375 bits per heavy atom. The van der Waals surface area contributed by atoms with Gasteiger partial charge in [0.05, 0.1) is 0 Å². The third-order valence-corrected chi connectivity index (χ3v) is 7.93. The number of hydrogen-bond donors (Lipinski definition) is 0. The van der Waals surface area contributed by atoms with Crippen LogP contribution < -0.4 is 26.4 Å². The van der Waals surface area contributed by atoms with E-state index in [9.17, 15) is 0 Å². The van der Waals surface area contributed by atoms with Gasteiger partial charge in [0.15, 0.2) is 0 Å². The van der Waals surface area contributed by atoms with E-state index >= 15 is 0 Å². The zero-order chi connectivity index (χ0) is 27.2. The molecule has 1 aromatic heterocycles. The molecule has 0 aliphatic heterocycles. The molecule has 0 saturated heterocycles. The topological polar surface area (TPSA) is 16.8 Å². The Bertz CT molecular complexity index is 1620. The van der Waals surface area contributed by atoms with Crippen LogP contribution in [0, 0.1) is 0 Å². The first-order valence-corrected chi connectivity index (χ1v) is 13.8. The summed E-state index contributed by atoms with van der Waals surface area (Å²) in [5.74, 6) is 0. The molecule has 0 radical (unpaired) electrons. The largest absolute Gasteiger partial charge is 0.235 e. The maximum atomic E-state index is 4.62. The molecule has 0 aliphatic rings. The van der Waals surface area contributed by atoms with Gasteiger partial charge in [0.25, 0.3) is 0 Å². The van der Waals surface area contributed by atoms with E-state index in [1.54, 1.807) is 0 Å². The molecule has 0 bridgehead atoms. The van der Waals surface area contributed by atoms with Crippen LogP contribution in [-0.2, 0) is 7.05 Å². The molecule has 1 heterocycles. The molecule has 3 heteroatoms. The number of nitrogens with zero attached hydrogens (tertiary/aromatic N) is 2. The average molecular weight is 514 g/mol. The smallest absolute Gasteiger partial charge is 0.231 e. The van der Waals surface area contributed by atoms with Crippen molar-refractivity contribution in [2.24, 2.45) is 7.05 Å². The van der Waals surface area contributed by atoms with Crippen LogP contribution in [0.2, 0.25) is 0 Å². The highest BCUT2D eigenvalue weighted by molar-refractivity contribution is 7.19. The van der Waals surface area contributed by atoms with E-state index in [0.29, 0.717) is 0 Å².